The molecule has 0 aliphatic rings. The highest BCUT2D eigenvalue weighted by atomic mass is 32.2. The first kappa shape index (κ1) is 19.7. The fourth-order valence-corrected chi connectivity index (χ4v) is 4.10. The number of imide groups is 1. The number of rotatable bonds is 5. The van der Waals surface area contributed by atoms with E-state index < -0.39 is 17.2 Å². The summed E-state index contributed by atoms with van der Waals surface area (Å²) < 4.78 is 1.93. The lowest BCUT2D eigenvalue weighted by Crippen LogP contribution is -2.39. The van der Waals surface area contributed by atoms with Crippen LogP contribution >= 0.6 is 11.8 Å². The van der Waals surface area contributed by atoms with Gasteiger partial charge in [-0.15, -0.1) is 10.2 Å². The molecule has 152 valence electrons. The Morgan fingerprint density at radius 3 is 2.63 bits per heavy atom. The van der Waals surface area contributed by atoms with E-state index in [1.807, 2.05) is 66.2 Å². The minimum atomic E-state index is -0.882. The molecule has 2 aromatic carbocycles. The van der Waals surface area contributed by atoms with Gasteiger partial charge in [-0.2, -0.15) is 0 Å². The van der Waals surface area contributed by atoms with Crippen molar-refractivity contribution in [2.24, 2.45) is 5.73 Å². The van der Waals surface area contributed by atoms with Crippen LogP contribution in [0.25, 0.3) is 28.0 Å². The molecule has 0 saturated carbocycles. The van der Waals surface area contributed by atoms with Crippen molar-refractivity contribution in [2.75, 3.05) is 0 Å². The Labute approximate surface area is 176 Å². The average molecular weight is 420 g/mol. The van der Waals surface area contributed by atoms with Crippen molar-refractivity contribution in [2.45, 2.75) is 24.3 Å². The van der Waals surface area contributed by atoms with Gasteiger partial charge in [0, 0.05) is 22.7 Å². The monoisotopic (exact) mass is 420 g/mol. The molecule has 2 aromatic heterocycles. The molecule has 0 radical (unpaired) electrons. The molecule has 3 amide bonds. The van der Waals surface area contributed by atoms with E-state index in [0.717, 1.165) is 27.7 Å². The summed E-state index contributed by atoms with van der Waals surface area (Å²) >= 11 is 1.21. The van der Waals surface area contributed by atoms with Crippen molar-refractivity contribution >= 4 is 34.6 Å². The molecule has 4 aromatic rings. The topological polar surface area (TPSA) is 119 Å². The summed E-state index contributed by atoms with van der Waals surface area (Å²) in [5.74, 6) is 0.173. The van der Waals surface area contributed by atoms with Crippen LogP contribution in [0.3, 0.4) is 0 Å². The standard InChI is InChI=1S/C21H20N6O2S/c1-12-7-3-6-10-17(12)27-18(15-11-23-16-9-5-4-8-14(15)16)25-26-21(27)30-13(2)19(28)24-20(22)29/h3-11,13,23H,1-2H3,(H3,22,24,28,29). The number of thioether (sulfide) groups is 1. The third kappa shape index (κ3) is 3.67. The second kappa shape index (κ2) is 8.03. The van der Waals surface area contributed by atoms with Gasteiger partial charge in [-0.05, 0) is 31.5 Å². The average Bonchev–Trinajstić information content (AvgIpc) is 3.31. The molecule has 0 aliphatic carbocycles. The molecule has 30 heavy (non-hydrogen) atoms. The molecule has 1 atom stereocenters. The summed E-state index contributed by atoms with van der Waals surface area (Å²) in [4.78, 5) is 26.5. The lowest BCUT2D eigenvalue weighted by molar-refractivity contribution is -0.119. The second-order valence-electron chi connectivity index (χ2n) is 6.79. The van der Waals surface area contributed by atoms with Crippen LogP contribution in [0.1, 0.15) is 12.5 Å². The van der Waals surface area contributed by atoms with Crippen LogP contribution in [0, 0.1) is 6.92 Å². The van der Waals surface area contributed by atoms with Crippen molar-refractivity contribution < 1.29 is 9.59 Å². The second-order valence-corrected chi connectivity index (χ2v) is 8.10. The van der Waals surface area contributed by atoms with Crippen LogP contribution in [-0.4, -0.2) is 36.9 Å². The highest BCUT2D eigenvalue weighted by Crippen LogP contribution is 2.34. The zero-order chi connectivity index (χ0) is 21.3. The third-order valence-electron chi connectivity index (χ3n) is 4.72. The summed E-state index contributed by atoms with van der Waals surface area (Å²) in [6.07, 6.45) is 1.90. The van der Waals surface area contributed by atoms with E-state index in [0.29, 0.717) is 11.0 Å². The van der Waals surface area contributed by atoms with Crippen molar-refractivity contribution in [3.8, 4) is 17.1 Å². The Bertz CT molecular complexity index is 1250. The maximum absolute atomic E-state index is 12.2. The van der Waals surface area contributed by atoms with E-state index in [9.17, 15) is 9.59 Å². The molecule has 8 nitrogen and oxygen atoms in total. The van der Waals surface area contributed by atoms with E-state index >= 15 is 0 Å². The maximum Gasteiger partial charge on any atom is 0.318 e. The number of nitrogens with two attached hydrogens (primary N) is 1. The number of amides is 3. The van der Waals surface area contributed by atoms with Gasteiger partial charge in [0.2, 0.25) is 5.91 Å². The van der Waals surface area contributed by atoms with E-state index in [2.05, 4.69) is 20.5 Å². The SMILES string of the molecule is Cc1ccccc1-n1c(SC(C)C(=O)NC(N)=O)nnc1-c1c[nH]c2ccccc12. The van der Waals surface area contributed by atoms with Crippen LogP contribution in [0.4, 0.5) is 4.79 Å². The zero-order valence-electron chi connectivity index (χ0n) is 16.4. The molecular formula is C21H20N6O2S. The Balaban J connectivity index is 1.83. The molecule has 4 rings (SSSR count). The molecule has 0 bridgehead atoms. The summed E-state index contributed by atoms with van der Waals surface area (Å²) in [6.45, 7) is 3.69. The number of carbonyl (C=O) groups is 2. The number of hydrogen-bond acceptors (Lipinski definition) is 5. The number of hydrogen-bond donors (Lipinski definition) is 3. The molecule has 0 aliphatic heterocycles. The number of nitrogens with one attached hydrogen (secondary N) is 2. The number of aryl methyl sites for hydroxylation is 1. The van der Waals surface area contributed by atoms with Crippen LogP contribution in [-0.2, 0) is 4.79 Å². The lowest BCUT2D eigenvalue weighted by Gasteiger charge is -2.14. The van der Waals surface area contributed by atoms with Gasteiger partial charge < -0.3 is 10.7 Å². The van der Waals surface area contributed by atoms with E-state index in [-0.39, 0.29) is 0 Å². The minimum absolute atomic E-state index is 0.486. The lowest BCUT2D eigenvalue weighted by atomic mass is 10.1. The number of benzene rings is 2. The van der Waals surface area contributed by atoms with Gasteiger partial charge in [-0.25, -0.2) is 4.79 Å². The number of primary amides is 1. The van der Waals surface area contributed by atoms with Crippen LogP contribution < -0.4 is 11.1 Å². The van der Waals surface area contributed by atoms with Gasteiger partial charge in [0.1, 0.15) is 0 Å². The number of para-hydroxylation sites is 2. The number of carbonyl (C=O) groups excluding carboxylic acids is 2. The van der Waals surface area contributed by atoms with E-state index in [4.69, 9.17) is 5.73 Å². The summed E-state index contributed by atoms with van der Waals surface area (Å²) in [5, 5.41) is 11.9. The van der Waals surface area contributed by atoms with Gasteiger partial charge in [0.15, 0.2) is 11.0 Å². The fraction of sp³-hybridized carbons (Fsp3) is 0.143. The predicted molar refractivity (Wildman–Crippen MR) is 116 cm³/mol. The molecule has 2 heterocycles. The fourth-order valence-electron chi connectivity index (χ4n) is 3.24. The molecular weight excluding hydrogens is 400 g/mol. The number of H-pyrrole nitrogens is 1. The number of nitrogens with zero attached hydrogens (tertiary/aromatic N) is 3. The number of urea groups is 1. The largest absolute Gasteiger partial charge is 0.360 e. The van der Waals surface area contributed by atoms with Gasteiger partial charge in [0.25, 0.3) is 0 Å². The minimum Gasteiger partial charge on any atom is -0.360 e. The Kier molecular flexibility index (Phi) is 5.28. The van der Waals surface area contributed by atoms with Crippen molar-refractivity contribution in [3.63, 3.8) is 0 Å². The van der Waals surface area contributed by atoms with Crippen LogP contribution in [0.5, 0.6) is 0 Å². The predicted octanol–water partition coefficient (Wildman–Crippen LogP) is 3.40. The molecule has 4 N–H and O–H groups in total. The Morgan fingerprint density at radius 2 is 1.87 bits per heavy atom. The molecule has 0 spiro atoms. The summed E-state index contributed by atoms with van der Waals surface area (Å²) in [6, 6.07) is 15.0. The highest BCUT2D eigenvalue weighted by Gasteiger charge is 2.24. The first-order valence-electron chi connectivity index (χ1n) is 9.30. The molecule has 0 fully saturated rings. The van der Waals surface area contributed by atoms with Crippen molar-refractivity contribution in [3.05, 3.63) is 60.3 Å². The zero-order valence-corrected chi connectivity index (χ0v) is 17.2. The quantitative estimate of drug-likeness (QED) is 0.428. The number of fused-ring (bicyclic) bond motifs is 1. The third-order valence-corrected chi connectivity index (χ3v) is 5.76. The Hall–Kier alpha value is -3.59. The maximum atomic E-state index is 12.2. The number of aromatic nitrogens is 4. The van der Waals surface area contributed by atoms with Crippen molar-refractivity contribution in [1.29, 1.82) is 0 Å². The molecule has 0 saturated heterocycles. The van der Waals surface area contributed by atoms with Crippen LogP contribution in [0.15, 0.2) is 59.9 Å². The molecule has 9 heteroatoms. The van der Waals surface area contributed by atoms with Gasteiger partial charge in [-0.1, -0.05) is 48.2 Å². The van der Waals surface area contributed by atoms with E-state index in [1.54, 1.807) is 6.92 Å². The first-order valence-corrected chi connectivity index (χ1v) is 10.2. The smallest absolute Gasteiger partial charge is 0.318 e. The highest BCUT2D eigenvalue weighted by molar-refractivity contribution is 8.00. The normalized spacial score (nSPS) is 12.1. The summed E-state index contributed by atoms with van der Waals surface area (Å²) in [5.41, 5.74) is 8.92. The van der Waals surface area contributed by atoms with E-state index in [1.165, 1.54) is 11.8 Å². The van der Waals surface area contributed by atoms with Gasteiger partial charge >= 0.3 is 6.03 Å². The Morgan fingerprint density at radius 1 is 1.13 bits per heavy atom. The van der Waals surface area contributed by atoms with Crippen molar-refractivity contribution in [1.82, 2.24) is 25.1 Å². The van der Waals surface area contributed by atoms with Gasteiger partial charge in [-0.3, -0.25) is 14.7 Å². The van der Waals surface area contributed by atoms with Crippen LogP contribution in [0.2, 0.25) is 0 Å². The first-order chi connectivity index (χ1) is 14.5. The molecule has 1 unspecified atom stereocenters. The van der Waals surface area contributed by atoms with Gasteiger partial charge in [0.05, 0.1) is 10.9 Å². The summed E-state index contributed by atoms with van der Waals surface area (Å²) in [7, 11) is 0. The number of aromatic amines is 1.